The van der Waals surface area contributed by atoms with E-state index in [0.717, 1.165) is 25.2 Å². The summed E-state index contributed by atoms with van der Waals surface area (Å²) in [5.41, 5.74) is 6.42. The van der Waals surface area contributed by atoms with E-state index in [-0.39, 0.29) is 6.09 Å². The van der Waals surface area contributed by atoms with Gasteiger partial charge in [0.05, 0.1) is 0 Å². The molecule has 2 rings (SSSR count). The van der Waals surface area contributed by atoms with E-state index in [1.165, 1.54) is 0 Å². The van der Waals surface area contributed by atoms with Gasteiger partial charge in [-0.15, -0.1) is 0 Å². The molecular formula is C17H25N3O3. The Labute approximate surface area is 137 Å². The van der Waals surface area contributed by atoms with E-state index >= 15 is 0 Å². The van der Waals surface area contributed by atoms with Gasteiger partial charge >= 0.3 is 6.09 Å². The highest BCUT2D eigenvalue weighted by atomic mass is 16.6. The zero-order valence-electron chi connectivity index (χ0n) is 14.0. The Morgan fingerprint density at radius 1 is 1.09 bits per heavy atom. The van der Waals surface area contributed by atoms with Crippen LogP contribution in [0.25, 0.3) is 0 Å². The van der Waals surface area contributed by atoms with Crippen molar-refractivity contribution in [3.63, 3.8) is 0 Å². The molecule has 6 nitrogen and oxygen atoms in total. The number of benzene rings is 1. The predicted molar refractivity (Wildman–Crippen MR) is 88.0 cm³/mol. The third-order valence-corrected chi connectivity index (χ3v) is 3.67. The summed E-state index contributed by atoms with van der Waals surface area (Å²) >= 11 is 0. The SMILES string of the molecule is CC(C)(C)OC(=O)N1CCN(Cc2ccc(C(N)=O)cc2)CC1. The average molecular weight is 319 g/mol. The van der Waals surface area contributed by atoms with Crippen LogP contribution in [0.15, 0.2) is 24.3 Å². The molecule has 1 aromatic rings. The monoisotopic (exact) mass is 319 g/mol. The van der Waals surface area contributed by atoms with Crippen LogP contribution in [0.5, 0.6) is 0 Å². The third-order valence-electron chi connectivity index (χ3n) is 3.67. The first-order valence-corrected chi connectivity index (χ1v) is 7.83. The Bertz CT molecular complexity index is 555. The molecule has 0 spiro atoms. The molecule has 0 aliphatic carbocycles. The van der Waals surface area contributed by atoms with Gasteiger partial charge in [0.25, 0.3) is 0 Å². The first-order chi connectivity index (χ1) is 10.7. The molecule has 0 atom stereocenters. The van der Waals surface area contributed by atoms with Gasteiger partial charge in [-0.25, -0.2) is 4.79 Å². The number of amides is 2. The molecule has 0 radical (unpaired) electrons. The summed E-state index contributed by atoms with van der Waals surface area (Å²) in [6.45, 7) is 9.34. The van der Waals surface area contributed by atoms with Gasteiger partial charge in [0.15, 0.2) is 0 Å². The van der Waals surface area contributed by atoms with E-state index in [0.29, 0.717) is 18.7 Å². The second-order valence-electron chi connectivity index (χ2n) is 6.80. The van der Waals surface area contributed by atoms with E-state index < -0.39 is 11.5 Å². The van der Waals surface area contributed by atoms with Crippen LogP contribution in [0.1, 0.15) is 36.7 Å². The van der Waals surface area contributed by atoms with Gasteiger partial charge in [0.1, 0.15) is 5.60 Å². The van der Waals surface area contributed by atoms with Crippen molar-refractivity contribution in [2.75, 3.05) is 26.2 Å². The molecular weight excluding hydrogens is 294 g/mol. The smallest absolute Gasteiger partial charge is 0.410 e. The highest BCUT2D eigenvalue weighted by Gasteiger charge is 2.25. The number of carbonyl (C=O) groups excluding carboxylic acids is 2. The van der Waals surface area contributed by atoms with E-state index in [4.69, 9.17) is 10.5 Å². The van der Waals surface area contributed by atoms with Crippen LogP contribution in [0, 0.1) is 0 Å². The lowest BCUT2D eigenvalue weighted by Gasteiger charge is -2.35. The number of hydrogen-bond acceptors (Lipinski definition) is 4. The topological polar surface area (TPSA) is 75.9 Å². The fraction of sp³-hybridized carbons (Fsp3) is 0.529. The number of carbonyl (C=O) groups is 2. The summed E-state index contributed by atoms with van der Waals surface area (Å²) in [7, 11) is 0. The lowest BCUT2D eigenvalue weighted by molar-refractivity contribution is 0.0139. The maximum absolute atomic E-state index is 12.0. The molecule has 1 aliphatic rings. The first kappa shape index (κ1) is 17.3. The molecule has 1 heterocycles. The number of rotatable bonds is 3. The molecule has 1 aromatic carbocycles. The number of nitrogens with zero attached hydrogens (tertiary/aromatic N) is 2. The lowest BCUT2D eigenvalue weighted by Crippen LogP contribution is -2.49. The third kappa shape index (κ3) is 5.25. The van der Waals surface area contributed by atoms with E-state index in [2.05, 4.69) is 4.90 Å². The molecule has 2 N–H and O–H groups in total. The van der Waals surface area contributed by atoms with Gasteiger partial charge in [-0.3, -0.25) is 9.69 Å². The molecule has 1 fully saturated rings. The minimum atomic E-state index is -0.462. The van der Waals surface area contributed by atoms with Crippen LogP contribution >= 0.6 is 0 Å². The zero-order valence-corrected chi connectivity index (χ0v) is 14.0. The second kappa shape index (κ2) is 7.00. The molecule has 2 amide bonds. The molecule has 0 bridgehead atoms. The summed E-state index contributed by atoms with van der Waals surface area (Å²) in [6.07, 6.45) is -0.247. The summed E-state index contributed by atoms with van der Waals surface area (Å²) in [5, 5.41) is 0. The van der Waals surface area contributed by atoms with Gasteiger partial charge in [-0.2, -0.15) is 0 Å². The van der Waals surface area contributed by atoms with Crippen LogP contribution < -0.4 is 5.73 Å². The summed E-state index contributed by atoms with van der Waals surface area (Å²) in [6, 6.07) is 7.32. The normalized spacial score (nSPS) is 16.2. The minimum absolute atomic E-state index is 0.247. The summed E-state index contributed by atoms with van der Waals surface area (Å²) in [5.74, 6) is -0.414. The van der Waals surface area contributed by atoms with E-state index in [9.17, 15) is 9.59 Å². The molecule has 1 saturated heterocycles. The number of primary amides is 1. The fourth-order valence-electron chi connectivity index (χ4n) is 2.45. The van der Waals surface area contributed by atoms with Crippen molar-refractivity contribution in [1.82, 2.24) is 9.80 Å². The first-order valence-electron chi connectivity index (χ1n) is 7.83. The quantitative estimate of drug-likeness (QED) is 0.922. The van der Waals surface area contributed by atoms with Gasteiger partial charge in [-0.1, -0.05) is 12.1 Å². The molecule has 0 aromatic heterocycles. The standard InChI is InChI=1S/C17H25N3O3/c1-17(2,3)23-16(22)20-10-8-19(9-11-20)12-13-4-6-14(7-5-13)15(18)21/h4-7H,8-12H2,1-3H3,(H2,18,21). The minimum Gasteiger partial charge on any atom is -0.444 e. The van der Waals surface area contributed by atoms with E-state index in [1.54, 1.807) is 17.0 Å². The number of hydrogen-bond donors (Lipinski definition) is 1. The number of piperazine rings is 1. The molecule has 126 valence electrons. The molecule has 6 heteroatoms. The van der Waals surface area contributed by atoms with Gasteiger partial charge in [0, 0.05) is 38.3 Å². The fourth-order valence-corrected chi connectivity index (χ4v) is 2.45. The van der Waals surface area contributed by atoms with Gasteiger partial charge in [0.2, 0.25) is 5.91 Å². The van der Waals surface area contributed by atoms with Crippen molar-refractivity contribution >= 4 is 12.0 Å². The predicted octanol–water partition coefficient (Wildman–Crippen LogP) is 1.84. The Kier molecular flexibility index (Phi) is 5.26. The van der Waals surface area contributed by atoms with Crippen molar-refractivity contribution in [2.45, 2.75) is 32.9 Å². The maximum Gasteiger partial charge on any atom is 0.410 e. The largest absolute Gasteiger partial charge is 0.444 e. The highest BCUT2D eigenvalue weighted by molar-refractivity contribution is 5.92. The Morgan fingerprint density at radius 2 is 1.65 bits per heavy atom. The van der Waals surface area contributed by atoms with Gasteiger partial charge in [-0.05, 0) is 38.5 Å². The van der Waals surface area contributed by atoms with Crippen LogP contribution in [0.2, 0.25) is 0 Å². The number of ether oxygens (including phenoxy) is 1. The van der Waals surface area contributed by atoms with E-state index in [1.807, 2.05) is 32.9 Å². The Hall–Kier alpha value is -2.08. The van der Waals surface area contributed by atoms with Crippen molar-refractivity contribution in [3.05, 3.63) is 35.4 Å². The Balaban J connectivity index is 1.82. The molecule has 23 heavy (non-hydrogen) atoms. The Morgan fingerprint density at radius 3 is 2.13 bits per heavy atom. The van der Waals surface area contributed by atoms with Crippen molar-refractivity contribution in [1.29, 1.82) is 0 Å². The second-order valence-corrected chi connectivity index (χ2v) is 6.80. The molecule has 1 aliphatic heterocycles. The summed E-state index contributed by atoms with van der Waals surface area (Å²) < 4.78 is 5.39. The van der Waals surface area contributed by atoms with Crippen LogP contribution in [0.4, 0.5) is 4.79 Å². The maximum atomic E-state index is 12.0. The van der Waals surface area contributed by atoms with Crippen LogP contribution in [-0.2, 0) is 11.3 Å². The number of nitrogens with two attached hydrogens (primary N) is 1. The molecule has 0 unspecified atom stereocenters. The van der Waals surface area contributed by atoms with Crippen LogP contribution in [0.3, 0.4) is 0 Å². The zero-order chi connectivity index (χ0) is 17.0. The van der Waals surface area contributed by atoms with Gasteiger partial charge < -0.3 is 15.4 Å². The average Bonchev–Trinajstić information content (AvgIpc) is 2.46. The van der Waals surface area contributed by atoms with Crippen molar-refractivity contribution < 1.29 is 14.3 Å². The summed E-state index contributed by atoms with van der Waals surface area (Å²) in [4.78, 5) is 27.1. The lowest BCUT2D eigenvalue weighted by atomic mass is 10.1. The van der Waals surface area contributed by atoms with Crippen molar-refractivity contribution in [2.24, 2.45) is 5.73 Å². The molecule has 0 saturated carbocycles. The highest BCUT2D eigenvalue weighted by Crippen LogP contribution is 2.13. The van der Waals surface area contributed by atoms with Crippen molar-refractivity contribution in [3.8, 4) is 0 Å². The van der Waals surface area contributed by atoms with Crippen LogP contribution in [-0.4, -0.2) is 53.6 Å².